The van der Waals surface area contributed by atoms with Crippen LogP contribution in [0.1, 0.15) is 6.92 Å². The van der Waals surface area contributed by atoms with Gasteiger partial charge in [0.25, 0.3) is 0 Å². The van der Waals surface area contributed by atoms with Crippen LogP contribution < -0.4 is 0 Å². The third-order valence-corrected chi connectivity index (χ3v) is 1.30. The van der Waals surface area contributed by atoms with E-state index in [4.69, 9.17) is 0 Å². The monoisotopic (exact) mass is 227 g/mol. The van der Waals surface area contributed by atoms with E-state index in [9.17, 15) is 18.0 Å². The fourth-order valence-corrected chi connectivity index (χ4v) is 0.718. The number of alkyl halides is 3. The second kappa shape index (κ2) is 6.39. The molecule has 0 rings (SSSR count). The van der Waals surface area contributed by atoms with Crippen LogP contribution in [0, 0.1) is 0 Å². The second-order valence-corrected chi connectivity index (χ2v) is 2.44. The maximum absolute atomic E-state index is 12.2. The highest BCUT2D eigenvalue weighted by Gasteiger charge is 2.41. The van der Waals surface area contributed by atoms with Gasteiger partial charge in [0.2, 0.25) is 5.71 Å². The zero-order valence-corrected chi connectivity index (χ0v) is 8.43. The highest BCUT2D eigenvalue weighted by molar-refractivity contribution is 6.38. The quantitative estimate of drug-likeness (QED) is 0.403. The van der Waals surface area contributed by atoms with Gasteiger partial charge in [0.1, 0.15) is 0 Å². The van der Waals surface area contributed by atoms with E-state index >= 15 is 0 Å². The van der Waals surface area contributed by atoms with Gasteiger partial charge < -0.3 is 9.47 Å². The molecule has 0 saturated heterocycles. The zero-order valence-electron chi connectivity index (χ0n) is 8.43. The lowest BCUT2D eigenvalue weighted by Crippen LogP contribution is -2.33. The average Bonchev–Trinajstić information content (AvgIpc) is 2.10. The minimum Gasteiger partial charge on any atom is -0.461 e. The summed E-state index contributed by atoms with van der Waals surface area (Å²) in [5.41, 5.74) is -1.53. The third-order valence-electron chi connectivity index (χ3n) is 1.30. The number of nitrogens with zero attached hydrogens (tertiary/aromatic N) is 1. The van der Waals surface area contributed by atoms with Gasteiger partial charge in [0, 0.05) is 7.11 Å². The van der Waals surface area contributed by atoms with Crippen LogP contribution in [0.25, 0.3) is 0 Å². The van der Waals surface area contributed by atoms with E-state index < -0.39 is 17.9 Å². The standard InChI is InChI=1S/C8H12F3NO3/c1-3-15-7(13)6(8(9,10)11)12-4-5-14-2/h3-5H2,1-2H3. The van der Waals surface area contributed by atoms with Crippen molar-refractivity contribution in [3.05, 3.63) is 0 Å². The van der Waals surface area contributed by atoms with Gasteiger partial charge in [-0.1, -0.05) is 0 Å². The number of ether oxygens (including phenoxy) is 2. The van der Waals surface area contributed by atoms with Gasteiger partial charge >= 0.3 is 12.1 Å². The predicted octanol–water partition coefficient (Wildman–Crippen LogP) is 1.20. The molecule has 88 valence electrons. The van der Waals surface area contributed by atoms with Crippen molar-refractivity contribution in [3.8, 4) is 0 Å². The smallest absolute Gasteiger partial charge is 0.440 e. The van der Waals surface area contributed by atoms with Crippen LogP contribution in [0.2, 0.25) is 0 Å². The molecule has 0 spiro atoms. The van der Waals surface area contributed by atoms with E-state index in [1.54, 1.807) is 0 Å². The Hall–Kier alpha value is -1.11. The van der Waals surface area contributed by atoms with E-state index in [-0.39, 0.29) is 19.8 Å². The fraction of sp³-hybridized carbons (Fsp3) is 0.750. The number of esters is 1. The molecule has 15 heavy (non-hydrogen) atoms. The Morgan fingerprint density at radius 1 is 1.40 bits per heavy atom. The van der Waals surface area contributed by atoms with Crippen LogP contribution in [-0.2, 0) is 14.3 Å². The van der Waals surface area contributed by atoms with E-state index in [0.717, 1.165) is 0 Å². The predicted molar refractivity (Wildman–Crippen MR) is 46.9 cm³/mol. The molecule has 0 bridgehead atoms. The first-order valence-electron chi connectivity index (χ1n) is 4.21. The van der Waals surface area contributed by atoms with Crippen molar-refractivity contribution in [2.24, 2.45) is 4.99 Å². The molecular weight excluding hydrogens is 215 g/mol. The summed E-state index contributed by atoms with van der Waals surface area (Å²) in [4.78, 5) is 14.0. The molecule has 0 aromatic rings. The minimum absolute atomic E-state index is 0.0129. The molecule has 0 N–H and O–H groups in total. The Kier molecular flexibility index (Phi) is 5.92. The van der Waals surface area contributed by atoms with Gasteiger partial charge in [-0.2, -0.15) is 13.2 Å². The summed E-state index contributed by atoms with van der Waals surface area (Å²) in [6, 6.07) is 0. The summed E-state index contributed by atoms with van der Waals surface area (Å²) in [7, 11) is 1.33. The minimum atomic E-state index is -4.79. The Morgan fingerprint density at radius 2 is 2.00 bits per heavy atom. The van der Waals surface area contributed by atoms with Crippen molar-refractivity contribution in [2.75, 3.05) is 26.9 Å². The van der Waals surface area contributed by atoms with E-state index in [0.29, 0.717) is 0 Å². The molecule has 0 unspecified atom stereocenters. The number of hydrogen-bond donors (Lipinski definition) is 0. The molecule has 0 radical (unpaired) electrons. The molecule has 0 fully saturated rings. The lowest BCUT2D eigenvalue weighted by atomic mass is 10.3. The number of carbonyl (C=O) groups is 1. The first kappa shape index (κ1) is 13.9. The van der Waals surface area contributed by atoms with Crippen molar-refractivity contribution >= 4 is 11.7 Å². The maximum Gasteiger partial charge on any atom is 0.440 e. The van der Waals surface area contributed by atoms with Gasteiger partial charge in [-0.05, 0) is 6.92 Å². The summed E-state index contributed by atoms with van der Waals surface area (Å²) >= 11 is 0. The Morgan fingerprint density at radius 3 is 2.40 bits per heavy atom. The SMILES string of the molecule is CCOC(=O)C(=NCCOC)C(F)(F)F. The van der Waals surface area contributed by atoms with Gasteiger partial charge in [-0.25, -0.2) is 4.79 Å². The van der Waals surface area contributed by atoms with E-state index in [1.807, 2.05) is 0 Å². The molecule has 0 heterocycles. The Labute approximate surface area is 85.1 Å². The summed E-state index contributed by atoms with van der Waals surface area (Å²) in [5, 5.41) is 0. The second-order valence-electron chi connectivity index (χ2n) is 2.44. The van der Waals surface area contributed by atoms with Crippen LogP contribution in [-0.4, -0.2) is 44.7 Å². The number of aliphatic imine (C=N–C) groups is 1. The first-order chi connectivity index (χ1) is 6.93. The molecule has 0 aromatic heterocycles. The number of rotatable bonds is 5. The van der Waals surface area contributed by atoms with E-state index in [1.165, 1.54) is 14.0 Å². The molecule has 0 aliphatic carbocycles. The van der Waals surface area contributed by atoms with Gasteiger partial charge in [0.15, 0.2) is 0 Å². The largest absolute Gasteiger partial charge is 0.461 e. The molecular formula is C8H12F3NO3. The summed E-state index contributed by atoms with van der Waals surface area (Å²) in [6.45, 7) is 1.07. The molecule has 0 aliphatic heterocycles. The van der Waals surface area contributed by atoms with Crippen molar-refractivity contribution in [2.45, 2.75) is 13.1 Å². The fourth-order valence-electron chi connectivity index (χ4n) is 0.718. The highest BCUT2D eigenvalue weighted by atomic mass is 19.4. The Bertz CT molecular complexity index is 238. The number of carbonyl (C=O) groups excluding carboxylic acids is 1. The van der Waals surface area contributed by atoms with Crippen molar-refractivity contribution in [3.63, 3.8) is 0 Å². The van der Waals surface area contributed by atoms with Crippen LogP contribution >= 0.6 is 0 Å². The third kappa shape index (κ3) is 5.36. The van der Waals surface area contributed by atoms with Crippen molar-refractivity contribution < 1.29 is 27.4 Å². The van der Waals surface area contributed by atoms with Gasteiger partial charge in [-0.3, -0.25) is 4.99 Å². The molecule has 7 heteroatoms. The summed E-state index contributed by atoms with van der Waals surface area (Å²) < 4.78 is 45.5. The zero-order chi connectivity index (χ0) is 11.9. The molecule has 0 amide bonds. The highest BCUT2D eigenvalue weighted by Crippen LogP contribution is 2.18. The molecule has 0 saturated carbocycles. The molecule has 0 atom stereocenters. The van der Waals surface area contributed by atoms with Gasteiger partial charge in [0.05, 0.1) is 19.8 Å². The topological polar surface area (TPSA) is 47.9 Å². The summed E-state index contributed by atoms with van der Waals surface area (Å²) in [5.74, 6) is -1.46. The number of hydrogen-bond acceptors (Lipinski definition) is 4. The lowest BCUT2D eigenvalue weighted by Gasteiger charge is -2.09. The lowest BCUT2D eigenvalue weighted by molar-refractivity contribution is -0.139. The summed E-state index contributed by atoms with van der Waals surface area (Å²) in [6.07, 6.45) is -4.79. The van der Waals surface area contributed by atoms with Crippen LogP contribution in [0.3, 0.4) is 0 Å². The van der Waals surface area contributed by atoms with Crippen LogP contribution in [0.15, 0.2) is 4.99 Å². The molecule has 0 aromatic carbocycles. The molecule has 0 aliphatic rings. The van der Waals surface area contributed by atoms with Gasteiger partial charge in [-0.15, -0.1) is 0 Å². The number of methoxy groups -OCH3 is 1. The normalized spacial score (nSPS) is 12.7. The maximum atomic E-state index is 12.2. The van der Waals surface area contributed by atoms with Crippen LogP contribution in [0.5, 0.6) is 0 Å². The van der Waals surface area contributed by atoms with Crippen molar-refractivity contribution in [1.82, 2.24) is 0 Å². The van der Waals surface area contributed by atoms with Crippen LogP contribution in [0.4, 0.5) is 13.2 Å². The Balaban J connectivity index is 4.58. The van der Waals surface area contributed by atoms with Crippen molar-refractivity contribution in [1.29, 1.82) is 0 Å². The van der Waals surface area contributed by atoms with E-state index in [2.05, 4.69) is 14.5 Å². The molecule has 4 nitrogen and oxygen atoms in total. The average molecular weight is 227 g/mol. The first-order valence-corrected chi connectivity index (χ1v) is 4.21. The number of halogens is 3.